The Bertz CT molecular complexity index is 1480. The summed E-state index contributed by atoms with van der Waals surface area (Å²) in [6.07, 6.45) is 1.01. The third-order valence-electron chi connectivity index (χ3n) is 5.33. The molecule has 0 bridgehead atoms. The van der Waals surface area contributed by atoms with E-state index in [1.54, 1.807) is 30.3 Å². The smallest absolute Gasteiger partial charge is 0.341 e. The Labute approximate surface area is 185 Å². The quantitative estimate of drug-likeness (QED) is 0.508. The number of carboxylic acid groups (broad SMARTS) is 1. The fraction of sp³-hybridized carbons (Fsp3) is 0.125. The van der Waals surface area contributed by atoms with Gasteiger partial charge in [0.25, 0.3) is 0 Å². The number of hydrogen-bond acceptors (Lipinski definition) is 5. The van der Waals surface area contributed by atoms with E-state index in [0.29, 0.717) is 36.1 Å². The van der Waals surface area contributed by atoms with Gasteiger partial charge in [-0.15, -0.1) is 0 Å². The number of carbonyl (C=O) groups is 1. The number of halogens is 2. The summed E-state index contributed by atoms with van der Waals surface area (Å²) in [6.45, 7) is 0.829. The first-order chi connectivity index (χ1) is 15.9. The third kappa shape index (κ3) is 3.67. The summed E-state index contributed by atoms with van der Waals surface area (Å²) >= 11 is 0. The second-order valence-corrected chi connectivity index (χ2v) is 7.43. The van der Waals surface area contributed by atoms with Crippen LogP contribution >= 0.6 is 0 Å². The molecule has 0 atom stereocenters. The molecule has 0 saturated carbocycles. The molecular formula is C24H16F2N2O5. The van der Waals surface area contributed by atoms with Gasteiger partial charge in [0.05, 0.1) is 28.8 Å². The van der Waals surface area contributed by atoms with E-state index >= 15 is 0 Å². The predicted molar refractivity (Wildman–Crippen MR) is 115 cm³/mol. The lowest BCUT2D eigenvalue weighted by Gasteiger charge is -2.19. The third-order valence-corrected chi connectivity index (χ3v) is 5.33. The highest BCUT2D eigenvalue weighted by Crippen LogP contribution is 2.34. The lowest BCUT2D eigenvalue weighted by molar-refractivity contribution is 0.0694. The largest absolute Gasteiger partial charge is 0.486 e. The van der Waals surface area contributed by atoms with Gasteiger partial charge in [-0.2, -0.15) is 0 Å². The van der Waals surface area contributed by atoms with Crippen molar-refractivity contribution in [1.29, 1.82) is 0 Å². The minimum Gasteiger partial charge on any atom is -0.486 e. The molecule has 0 aliphatic carbocycles. The summed E-state index contributed by atoms with van der Waals surface area (Å²) < 4.78 is 41.4. The molecule has 7 nitrogen and oxygen atoms in total. The Balaban J connectivity index is 1.60. The van der Waals surface area contributed by atoms with Crippen LogP contribution in [0.2, 0.25) is 0 Å². The van der Waals surface area contributed by atoms with Crippen molar-refractivity contribution in [1.82, 2.24) is 9.55 Å². The van der Waals surface area contributed by atoms with Crippen molar-refractivity contribution in [3.8, 4) is 22.8 Å². The Kier molecular flexibility index (Phi) is 5.01. The molecule has 0 amide bonds. The molecule has 0 unspecified atom stereocenters. The van der Waals surface area contributed by atoms with Gasteiger partial charge in [0.15, 0.2) is 11.5 Å². The summed E-state index contributed by atoms with van der Waals surface area (Å²) in [4.78, 5) is 28.6. The van der Waals surface area contributed by atoms with Crippen LogP contribution in [-0.4, -0.2) is 33.8 Å². The topological polar surface area (TPSA) is 90.7 Å². The molecule has 0 spiro atoms. The molecule has 0 saturated heterocycles. The second kappa shape index (κ2) is 8.01. The Morgan fingerprint density at radius 1 is 1.03 bits per heavy atom. The van der Waals surface area contributed by atoms with Gasteiger partial charge >= 0.3 is 5.97 Å². The van der Waals surface area contributed by atoms with Crippen LogP contribution in [0.1, 0.15) is 16.1 Å². The molecule has 4 aromatic rings. The first kappa shape index (κ1) is 20.6. The number of aromatic nitrogens is 2. The number of fused-ring (bicyclic) bond motifs is 2. The highest BCUT2D eigenvalue weighted by molar-refractivity contribution is 5.93. The molecule has 5 rings (SSSR count). The van der Waals surface area contributed by atoms with Gasteiger partial charge in [-0.3, -0.25) is 9.78 Å². The molecule has 33 heavy (non-hydrogen) atoms. The Morgan fingerprint density at radius 2 is 1.79 bits per heavy atom. The zero-order chi connectivity index (χ0) is 23.1. The van der Waals surface area contributed by atoms with Gasteiger partial charge in [-0.25, -0.2) is 13.6 Å². The van der Waals surface area contributed by atoms with Crippen LogP contribution in [0.5, 0.6) is 11.5 Å². The molecule has 1 aliphatic heterocycles. The molecule has 1 aliphatic rings. The number of rotatable bonds is 4. The lowest BCUT2D eigenvalue weighted by atomic mass is 10.1. The minimum absolute atomic E-state index is 0.0875. The summed E-state index contributed by atoms with van der Waals surface area (Å²) in [5.74, 6) is -2.13. The Morgan fingerprint density at radius 3 is 2.58 bits per heavy atom. The van der Waals surface area contributed by atoms with E-state index in [1.807, 2.05) is 6.07 Å². The summed E-state index contributed by atoms with van der Waals surface area (Å²) in [6, 6.07) is 12.3. The van der Waals surface area contributed by atoms with Gasteiger partial charge in [0, 0.05) is 11.8 Å². The first-order valence-corrected chi connectivity index (χ1v) is 10.0. The fourth-order valence-electron chi connectivity index (χ4n) is 3.83. The van der Waals surface area contributed by atoms with Crippen LogP contribution in [0.3, 0.4) is 0 Å². The maximum absolute atomic E-state index is 14.6. The summed E-state index contributed by atoms with van der Waals surface area (Å²) in [5, 5.41) is 8.79. The average molecular weight is 450 g/mol. The molecule has 3 heterocycles. The van der Waals surface area contributed by atoms with Crippen LogP contribution < -0.4 is 14.9 Å². The number of hydrogen-bond donors (Lipinski definition) is 1. The van der Waals surface area contributed by atoms with Gasteiger partial charge in [0.1, 0.15) is 30.4 Å². The molecule has 2 aromatic heterocycles. The van der Waals surface area contributed by atoms with Gasteiger partial charge in [-0.05, 0) is 42.5 Å². The molecule has 9 heteroatoms. The molecule has 0 fully saturated rings. The van der Waals surface area contributed by atoms with Crippen molar-refractivity contribution in [2.24, 2.45) is 0 Å². The monoisotopic (exact) mass is 450 g/mol. The lowest BCUT2D eigenvalue weighted by Crippen LogP contribution is -2.21. The van der Waals surface area contributed by atoms with Gasteiger partial charge < -0.3 is 19.1 Å². The van der Waals surface area contributed by atoms with Crippen molar-refractivity contribution in [2.45, 2.75) is 6.54 Å². The van der Waals surface area contributed by atoms with Gasteiger partial charge in [0.2, 0.25) is 5.43 Å². The highest BCUT2D eigenvalue weighted by atomic mass is 19.1. The summed E-state index contributed by atoms with van der Waals surface area (Å²) in [7, 11) is 0. The van der Waals surface area contributed by atoms with Crippen molar-refractivity contribution in [2.75, 3.05) is 13.2 Å². The van der Waals surface area contributed by atoms with Crippen LogP contribution in [-0.2, 0) is 6.54 Å². The van der Waals surface area contributed by atoms with E-state index in [-0.39, 0.29) is 12.1 Å². The van der Waals surface area contributed by atoms with Crippen LogP contribution in [0.4, 0.5) is 8.78 Å². The van der Waals surface area contributed by atoms with E-state index in [9.17, 15) is 23.5 Å². The van der Waals surface area contributed by atoms with Crippen LogP contribution in [0, 0.1) is 11.6 Å². The SMILES string of the molecule is O=C(O)c1cn(Cc2cccc(-c3ccc4c(c3)OCCO4)n2)c2c(F)ccc(F)c2c1=O. The number of nitrogens with zero attached hydrogens (tertiary/aromatic N) is 2. The minimum atomic E-state index is -1.53. The van der Waals surface area contributed by atoms with Crippen molar-refractivity contribution < 1.29 is 28.2 Å². The fourth-order valence-corrected chi connectivity index (χ4v) is 3.83. The van der Waals surface area contributed by atoms with Crippen molar-refractivity contribution in [3.05, 3.63) is 87.8 Å². The number of aromatic carboxylic acids is 1. The number of ether oxygens (including phenoxy) is 2. The summed E-state index contributed by atoms with van der Waals surface area (Å²) in [5.41, 5.74) is -0.253. The van der Waals surface area contributed by atoms with Crippen molar-refractivity contribution in [3.63, 3.8) is 0 Å². The zero-order valence-corrected chi connectivity index (χ0v) is 17.0. The second-order valence-electron chi connectivity index (χ2n) is 7.43. The number of pyridine rings is 2. The zero-order valence-electron chi connectivity index (χ0n) is 17.0. The standard InChI is InChI=1S/C24H16F2N2O5/c25-16-5-6-17(26)22-21(16)23(29)15(24(30)31)12-28(22)11-14-2-1-3-18(27-14)13-4-7-19-20(10-13)33-9-8-32-19/h1-7,10,12H,8-9,11H2,(H,30,31). The van der Waals surface area contributed by atoms with E-state index in [0.717, 1.165) is 23.9 Å². The molecule has 1 N–H and O–H groups in total. The maximum Gasteiger partial charge on any atom is 0.341 e. The molecule has 2 aromatic carbocycles. The van der Waals surface area contributed by atoms with E-state index in [4.69, 9.17) is 9.47 Å². The number of benzene rings is 2. The highest BCUT2D eigenvalue weighted by Gasteiger charge is 2.20. The molecule has 0 radical (unpaired) electrons. The van der Waals surface area contributed by atoms with Crippen LogP contribution in [0.25, 0.3) is 22.2 Å². The first-order valence-electron chi connectivity index (χ1n) is 10.0. The van der Waals surface area contributed by atoms with E-state index in [2.05, 4.69) is 4.98 Å². The maximum atomic E-state index is 14.6. The van der Waals surface area contributed by atoms with E-state index < -0.39 is 34.0 Å². The van der Waals surface area contributed by atoms with Crippen LogP contribution in [0.15, 0.2) is 59.5 Å². The number of carboxylic acids is 1. The predicted octanol–water partition coefficient (Wildman–Crippen LogP) is 3.86. The average Bonchev–Trinajstić information content (AvgIpc) is 2.82. The van der Waals surface area contributed by atoms with E-state index in [1.165, 1.54) is 4.57 Å². The Hall–Kier alpha value is -4.27. The molecule has 166 valence electrons. The van der Waals surface area contributed by atoms with Gasteiger partial charge in [-0.1, -0.05) is 6.07 Å². The normalized spacial score (nSPS) is 12.7. The van der Waals surface area contributed by atoms with Crippen molar-refractivity contribution >= 4 is 16.9 Å². The molecular weight excluding hydrogens is 434 g/mol.